The van der Waals surface area contributed by atoms with E-state index in [4.69, 9.17) is 9.47 Å². The predicted molar refractivity (Wildman–Crippen MR) is 78.6 cm³/mol. The van der Waals surface area contributed by atoms with E-state index in [0.29, 0.717) is 22.7 Å². The molecule has 4 nitrogen and oxygen atoms in total. The fourth-order valence-corrected chi connectivity index (χ4v) is 1.85. The highest BCUT2D eigenvalue weighted by molar-refractivity contribution is 6.04. The van der Waals surface area contributed by atoms with Crippen LogP contribution in [0, 0.1) is 12.7 Å². The Balaban J connectivity index is 2.21. The van der Waals surface area contributed by atoms with Gasteiger partial charge < -0.3 is 14.8 Å². The van der Waals surface area contributed by atoms with Gasteiger partial charge in [0.05, 0.1) is 14.2 Å². The summed E-state index contributed by atoms with van der Waals surface area (Å²) in [5, 5.41) is 2.69. The van der Waals surface area contributed by atoms with Gasteiger partial charge in [-0.05, 0) is 36.8 Å². The highest BCUT2D eigenvalue weighted by Gasteiger charge is 2.10. The summed E-state index contributed by atoms with van der Waals surface area (Å²) in [6.07, 6.45) is 0. The van der Waals surface area contributed by atoms with Crippen molar-refractivity contribution in [1.82, 2.24) is 0 Å². The molecule has 0 spiro atoms. The molecule has 2 rings (SSSR count). The molecule has 0 saturated carbocycles. The molecule has 0 aliphatic carbocycles. The second-order valence-electron chi connectivity index (χ2n) is 4.49. The van der Waals surface area contributed by atoms with Crippen LogP contribution in [0.1, 0.15) is 15.9 Å². The number of carbonyl (C=O) groups is 1. The van der Waals surface area contributed by atoms with Crippen molar-refractivity contribution in [2.75, 3.05) is 19.5 Å². The Hall–Kier alpha value is -2.56. The standard InChI is InChI=1S/C16H16FNO3/c1-10-4-5-11(8-13(10)17)16(19)18-12-6-7-14(20-2)15(9-12)21-3/h4-9H,1-3H3,(H,18,19). The van der Waals surface area contributed by atoms with Gasteiger partial charge in [-0.25, -0.2) is 4.39 Å². The molecule has 21 heavy (non-hydrogen) atoms. The minimum absolute atomic E-state index is 0.257. The first-order chi connectivity index (χ1) is 10.0. The second kappa shape index (κ2) is 6.26. The summed E-state index contributed by atoms with van der Waals surface area (Å²) in [5.41, 5.74) is 1.30. The minimum Gasteiger partial charge on any atom is -0.493 e. The highest BCUT2D eigenvalue weighted by atomic mass is 19.1. The molecule has 0 unspecified atom stereocenters. The molecule has 0 aliphatic rings. The van der Waals surface area contributed by atoms with Crippen molar-refractivity contribution in [3.63, 3.8) is 0 Å². The topological polar surface area (TPSA) is 47.6 Å². The van der Waals surface area contributed by atoms with Crippen LogP contribution < -0.4 is 14.8 Å². The number of hydrogen-bond donors (Lipinski definition) is 1. The third-order valence-electron chi connectivity index (χ3n) is 3.08. The molecule has 0 radical (unpaired) electrons. The van der Waals surface area contributed by atoms with Gasteiger partial charge in [-0.15, -0.1) is 0 Å². The molecule has 2 aromatic rings. The Labute approximate surface area is 122 Å². The van der Waals surface area contributed by atoms with Crippen molar-refractivity contribution >= 4 is 11.6 Å². The average Bonchev–Trinajstić information content (AvgIpc) is 2.49. The molecule has 2 aromatic carbocycles. The SMILES string of the molecule is COc1ccc(NC(=O)c2ccc(C)c(F)c2)cc1OC. The lowest BCUT2D eigenvalue weighted by Gasteiger charge is -2.11. The molecular weight excluding hydrogens is 273 g/mol. The van der Waals surface area contributed by atoms with Crippen LogP contribution in [-0.2, 0) is 0 Å². The summed E-state index contributed by atoms with van der Waals surface area (Å²) in [4.78, 5) is 12.1. The summed E-state index contributed by atoms with van der Waals surface area (Å²) in [7, 11) is 3.05. The number of nitrogens with one attached hydrogen (secondary N) is 1. The van der Waals surface area contributed by atoms with Crippen LogP contribution in [0.5, 0.6) is 11.5 Å². The highest BCUT2D eigenvalue weighted by Crippen LogP contribution is 2.29. The van der Waals surface area contributed by atoms with Crippen LogP contribution in [0.3, 0.4) is 0 Å². The molecule has 0 fully saturated rings. The van der Waals surface area contributed by atoms with Crippen LogP contribution in [0.2, 0.25) is 0 Å². The van der Waals surface area contributed by atoms with E-state index in [0.717, 1.165) is 0 Å². The largest absolute Gasteiger partial charge is 0.493 e. The average molecular weight is 289 g/mol. The number of halogens is 1. The lowest BCUT2D eigenvalue weighted by atomic mass is 10.1. The molecule has 0 aromatic heterocycles. The summed E-state index contributed by atoms with van der Waals surface area (Å²) >= 11 is 0. The number of hydrogen-bond acceptors (Lipinski definition) is 3. The van der Waals surface area contributed by atoms with Crippen LogP contribution in [0.4, 0.5) is 10.1 Å². The summed E-state index contributed by atoms with van der Waals surface area (Å²) in [6.45, 7) is 1.64. The number of carbonyl (C=O) groups excluding carboxylic acids is 1. The Bertz CT molecular complexity index is 671. The maximum Gasteiger partial charge on any atom is 0.255 e. The molecular formula is C16H16FNO3. The predicted octanol–water partition coefficient (Wildman–Crippen LogP) is 3.40. The molecule has 0 heterocycles. The van der Waals surface area contributed by atoms with Gasteiger partial charge in [0.25, 0.3) is 5.91 Å². The van der Waals surface area contributed by atoms with E-state index < -0.39 is 5.82 Å². The fraction of sp³-hybridized carbons (Fsp3) is 0.188. The lowest BCUT2D eigenvalue weighted by Crippen LogP contribution is -2.12. The first-order valence-corrected chi connectivity index (χ1v) is 6.34. The molecule has 1 N–H and O–H groups in total. The first-order valence-electron chi connectivity index (χ1n) is 6.34. The quantitative estimate of drug-likeness (QED) is 0.938. The van der Waals surface area contributed by atoms with Gasteiger partial charge in [-0.2, -0.15) is 0 Å². The minimum atomic E-state index is -0.407. The first kappa shape index (κ1) is 14.8. The van der Waals surface area contributed by atoms with Crippen LogP contribution in [0.25, 0.3) is 0 Å². The molecule has 1 amide bonds. The number of amides is 1. The number of ether oxygens (including phenoxy) is 2. The summed E-state index contributed by atoms with van der Waals surface area (Å²) in [6, 6.07) is 9.37. The molecule has 0 atom stereocenters. The van der Waals surface area contributed by atoms with Crippen LogP contribution in [-0.4, -0.2) is 20.1 Å². The van der Waals surface area contributed by atoms with Crippen molar-refractivity contribution in [1.29, 1.82) is 0 Å². The molecule has 110 valence electrons. The molecule has 0 bridgehead atoms. The molecule has 0 aliphatic heterocycles. The van der Waals surface area contributed by atoms with E-state index in [1.54, 1.807) is 37.3 Å². The van der Waals surface area contributed by atoms with Crippen molar-refractivity contribution in [2.45, 2.75) is 6.92 Å². The molecule has 5 heteroatoms. The van der Waals surface area contributed by atoms with E-state index in [9.17, 15) is 9.18 Å². The van der Waals surface area contributed by atoms with Crippen molar-refractivity contribution in [2.24, 2.45) is 0 Å². The van der Waals surface area contributed by atoms with Gasteiger partial charge in [0.15, 0.2) is 11.5 Å². The van der Waals surface area contributed by atoms with Gasteiger partial charge in [-0.1, -0.05) is 6.07 Å². The number of anilines is 1. The van der Waals surface area contributed by atoms with Crippen molar-refractivity contribution in [3.8, 4) is 11.5 Å². The maximum atomic E-state index is 13.5. The summed E-state index contributed by atoms with van der Waals surface area (Å²) < 4.78 is 23.8. The normalized spacial score (nSPS) is 10.1. The van der Waals surface area contributed by atoms with E-state index in [1.807, 2.05) is 0 Å². The van der Waals surface area contributed by atoms with E-state index in [2.05, 4.69) is 5.32 Å². The maximum absolute atomic E-state index is 13.5. The lowest BCUT2D eigenvalue weighted by molar-refractivity contribution is 0.102. The van der Waals surface area contributed by atoms with Crippen molar-refractivity contribution in [3.05, 3.63) is 53.3 Å². The fourth-order valence-electron chi connectivity index (χ4n) is 1.85. The monoisotopic (exact) mass is 289 g/mol. The van der Waals surface area contributed by atoms with Crippen LogP contribution >= 0.6 is 0 Å². The summed E-state index contributed by atoms with van der Waals surface area (Å²) in [5.74, 6) is 0.276. The third-order valence-corrected chi connectivity index (χ3v) is 3.08. The van der Waals surface area contributed by atoms with E-state index in [-0.39, 0.29) is 11.5 Å². The Morgan fingerprint density at radius 3 is 2.38 bits per heavy atom. The number of methoxy groups -OCH3 is 2. The van der Waals surface area contributed by atoms with Gasteiger partial charge in [-0.3, -0.25) is 4.79 Å². The smallest absolute Gasteiger partial charge is 0.255 e. The Morgan fingerprint density at radius 2 is 1.76 bits per heavy atom. The van der Waals surface area contributed by atoms with Crippen molar-refractivity contribution < 1.29 is 18.7 Å². The van der Waals surface area contributed by atoms with Gasteiger partial charge in [0.1, 0.15) is 5.82 Å². The Kier molecular flexibility index (Phi) is 4.42. The molecule has 0 saturated heterocycles. The van der Waals surface area contributed by atoms with Gasteiger partial charge in [0.2, 0.25) is 0 Å². The zero-order valence-electron chi connectivity index (χ0n) is 12.1. The third kappa shape index (κ3) is 3.31. The van der Waals surface area contributed by atoms with E-state index in [1.165, 1.54) is 20.3 Å². The van der Waals surface area contributed by atoms with Gasteiger partial charge >= 0.3 is 0 Å². The Morgan fingerprint density at radius 1 is 1.05 bits per heavy atom. The van der Waals surface area contributed by atoms with E-state index >= 15 is 0 Å². The van der Waals surface area contributed by atoms with Crippen LogP contribution in [0.15, 0.2) is 36.4 Å². The number of benzene rings is 2. The van der Waals surface area contributed by atoms with Gasteiger partial charge in [0, 0.05) is 17.3 Å². The zero-order valence-corrected chi connectivity index (χ0v) is 12.1. The zero-order chi connectivity index (χ0) is 15.4. The number of aryl methyl sites for hydroxylation is 1. The number of rotatable bonds is 4. The second-order valence-corrected chi connectivity index (χ2v) is 4.49.